The van der Waals surface area contributed by atoms with Crippen LogP contribution in [0.25, 0.3) is 6.08 Å². The number of likely N-dealkylation sites (N-methyl/N-ethyl adjacent to an activating group) is 1. The summed E-state index contributed by atoms with van der Waals surface area (Å²) in [5.41, 5.74) is 2.68. The van der Waals surface area contributed by atoms with Crippen molar-refractivity contribution >= 4 is 29.3 Å². The topological polar surface area (TPSA) is 32.3 Å². The van der Waals surface area contributed by atoms with Crippen LogP contribution in [0, 0.1) is 6.92 Å². The summed E-state index contributed by atoms with van der Waals surface area (Å²) in [6.07, 6.45) is 1.81. The van der Waals surface area contributed by atoms with Crippen LogP contribution in [-0.4, -0.2) is 23.0 Å². The fourth-order valence-electron chi connectivity index (χ4n) is 1.55. The number of amides is 1. The lowest BCUT2D eigenvalue weighted by Crippen LogP contribution is -2.25. The van der Waals surface area contributed by atoms with Crippen LogP contribution in [0.15, 0.2) is 30.0 Å². The number of hydrogen-bond acceptors (Lipinski definition) is 2. The van der Waals surface area contributed by atoms with Gasteiger partial charge in [0.2, 0.25) is 0 Å². The van der Waals surface area contributed by atoms with Crippen LogP contribution in [0.3, 0.4) is 0 Å². The van der Waals surface area contributed by atoms with Crippen molar-refractivity contribution in [2.45, 2.75) is 6.92 Å². The summed E-state index contributed by atoms with van der Waals surface area (Å²) >= 11 is 4.99. The molecule has 1 N–H and O–H groups in total. The first-order valence-electron chi connectivity index (χ1n) is 4.95. The summed E-state index contributed by atoms with van der Waals surface area (Å²) in [6.45, 7) is 2.02. The molecule has 1 aliphatic rings. The first-order chi connectivity index (χ1) is 7.58. The van der Waals surface area contributed by atoms with E-state index in [1.54, 1.807) is 7.05 Å². The lowest BCUT2D eigenvalue weighted by atomic mass is 10.1. The van der Waals surface area contributed by atoms with Crippen LogP contribution in [-0.2, 0) is 4.79 Å². The van der Waals surface area contributed by atoms with E-state index in [1.165, 1.54) is 4.90 Å². The number of nitrogens with one attached hydrogen (secondary N) is 1. The molecule has 2 rings (SSSR count). The van der Waals surface area contributed by atoms with Gasteiger partial charge in [-0.3, -0.25) is 9.69 Å². The van der Waals surface area contributed by atoms with Crippen molar-refractivity contribution in [1.29, 1.82) is 0 Å². The molecule has 4 heteroatoms. The zero-order valence-corrected chi connectivity index (χ0v) is 9.97. The number of rotatable bonds is 1. The standard InChI is InChI=1S/C12H12N2OS/c1-8-4-3-5-9(6-8)7-10-11(15)14(2)12(16)13-10/h3-7H,1-2H3,(H,13,16)/b10-7-. The number of benzene rings is 1. The average molecular weight is 232 g/mol. The molecule has 0 unspecified atom stereocenters. The third-order valence-corrected chi connectivity index (χ3v) is 2.81. The zero-order valence-electron chi connectivity index (χ0n) is 9.15. The number of carbonyl (C=O) groups excluding carboxylic acids is 1. The van der Waals surface area contributed by atoms with Crippen molar-refractivity contribution < 1.29 is 4.79 Å². The molecule has 16 heavy (non-hydrogen) atoms. The molecule has 82 valence electrons. The summed E-state index contributed by atoms with van der Waals surface area (Å²) in [7, 11) is 1.66. The number of hydrogen-bond donors (Lipinski definition) is 1. The van der Waals surface area contributed by atoms with Crippen LogP contribution in [0.1, 0.15) is 11.1 Å². The summed E-state index contributed by atoms with van der Waals surface area (Å²) < 4.78 is 0. The van der Waals surface area contributed by atoms with Crippen LogP contribution in [0.2, 0.25) is 0 Å². The Morgan fingerprint density at radius 3 is 2.75 bits per heavy atom. The molecule has 0 aliphatic carbocycles. The van der Waals surface area contributed by atoms with E-state index in [-0.39, 0.29) is 5.91 Å². The highest BCUT2D eigenvalue weighted by Gasteiger charge is 2.26. The Kier molecular flexibility index (Phi) is 2.75. The first-order valence-corrected chi connectivity index (χ1v) is 5.36. The molecule has 3 nitrogen and oxygen atoms in total. The maximum absolute atomic E-state index is 11.7. The first kappa shape index (κ1) is 10.8. The van der Waals surface area contributed by atoms with Gasteiger partial charge in [0, 0.05) is 7.05 Å². The fraction of sp³-hybridized carbons (Fsp3) is 0.167. The highest BCUT2D eigenvalue weighted by Crippen LogP contribution is 2.13. The molecule has 0 bridgehead atoms. The van der Waals surface area contributed by atoms with E-state index in [9.17, 15) is 4.79 Å². The Morgan fingerprint density at radius 1 is 1.44 bits per heavy atom. The van der Waals surface area contributed by atoms with Gasteiger partial charge in [0.1, 0.15) is 5.70 Å². The van der Waals surface area contributed by atoms with Gasteiger partial charge in [0.05, 0.1) is 0 Å². The molecule has 0 aromatic heterocycles. The second-order valence-electron chi connectivity index (χ2n) is 3.77. The van der Waals surface area contributed by atoms with Gasteiger partial charge in [-0.05, 0) is 30.8 Å². The predicted molar refractivity (Wildman–Crippen MR) is 67.7 cm³/mol. The average Bonchev–Trinajstić information content (AvgIpc) is 2.47. The molecular formula is C12H12N2OS. The molecule has 1 amide bonds. The molecule has 0 saturated carbocycles. The molecule has 1 heterocycles. The maximum Gasteiger partial charge on any atom is 0.276 e. The Balaban J connectivity index is 2.33. The highest BCUT2D eigenvalue weighted by atomic mass is 32.1. The molecule has 1 aromatic rings. The van der Waals surface area contributed by atoms with Crippen LogP contribution in [0.5, 0.6) is 0 Å². The highest BCUT2D eigenvalue weighted by molar-refractivity contribution is 7.80. The molecule has 1 aromatic carbocycles. The van der Waals surface area contributed by atoms with E-state index >= 15 is 0 Å². The van der Waals surface area contributed by atoms with Crippen molar-refractivity contribution in [3.63, 3.8) is 0 Å². The van der Waals surface area contributed by atoms with E-state index in [0.29, 0.717) is 10.8 Å². The third kappa shape index (κ3) is 1.97. The largest absolute Gasteiger partial charge is 0.328 e. The monoisotopic (exact) mass is 232 g/mol. The van der Waals surface area contributed by atoms with E-state index in [4.69, 9.17) is 12.2 Å². The van der Waals surface area contributed by atoms with Gasteiger partial charge in [-0.2, -0.15) is 0 Å². The number of thiocarbonyl (C=S) groups is 1. The van der Waals surface area contributed by atoms with Gasteiger partial charge in [0.15, 0.2) is 5.11 Å². The molecule has 1 fully saturated rings. The number of nitrogens with zero attached hydrogens (tertiary/aromatic N) is 1. The fourth-order valence-corrected chi connectivity index (χ4v) is 1.74. The maximum atomic E-state index is 11.7. The van der Waals surface area contributed by atoms with Crippen LogP contribution in [0.4, 0.5) is 0 Å². The Hall–Kier alpha value is -1.68. The lowest BCUT2D eigenvalue weighted by Gasteiger charge is -2.02. The van der Waals surface area contributed by atoms with Crippen LogP contribution < -0.4 is 5.32 Å². The van der Waals surface area contributed by atoms with E-state index in [0.717, 1.165) is 11.1 Å². The quantitative estimate of drug-likeness (QED) is 0.590. The molecular weight excluding hydrogens is 220 g/mol. The van der Waals surface area contributed by atoms with Gasteiger partial charge < -0.3 is 5.32 Å². The van der Waals surface area contributed by atoms with E-state index < -0.39 is 0 Å². The normalized spacial score (nSPS) is 18.1. The number of carbonyl (C=O) groups is 1. The van der Waals surface area contributed by atoms with Gasteiger partial charge in [0.25, 0.3) is 5.91 Å². The second kappa shape index (κ2) is 4.06. The minimum absolute atomic E-state index is 0.0912. The van der Waals surface area contributed by atoms with Crippen LogP contribution >= 0.6 is 12.2 Å². The smallest absolute Gasteiger partial charge is 0.276 e. The minimum atomic E-state index is -0.0912. The Labute approximate surface area is 99.8 Å². The molecule has 0 atom stereocenters. The van der Waals surface area contributed by atoms with Gasteiger partial charge in [-0.15, -0.1) is 0 Å². The SMILES string of the molecule is Cc1cccc(/C=C2\NC(=S)N(C)C2=O)c1. The lowest BCUT2D eigenvalue weighted by molar-refractivity contribution is -0.121. The summed E-state index contributed by atoms with van der Waals surface area (Å²) in [5, 5.41) is 3.34. The van der Waals surface area contributed by atoms with Crippen molar-refractivity contribution in [2.24, 2.45) is 0 Å². The Bertz CT molecular complexity index is 494. The molecule has 1 aliphatic heterocycles. The summed E-state index contributed by atoms with van der Waals surface area (Å²) in [6, 6.07) is 7.95. The summed E-state index contributed by atoms with van der Waals surface area (Å²) in [5.74, 6) is -0.0912. The predicted octanol–water partition coefficient (Wildman–Crippen LogP) is 1.68. The second-order valence-corrected chi connectivity index (χ2v) is 4.15. The van der Waals surface area contributed by atoms with Crippen molar-refractivity contribution in [3.05, 3.63) is 41.1 Å². The zero-order chi connectivity index (χ0) is 11.7. The molecule has 1 saturated heterocycles. The molecule has 0 spiro atoms. The van der Waals surface area contributed by atoms with Crippen molar-refractivity contribution in [3.8, 4) is 0 Å². The minimum Gasteiger partial charge on any atom is -0.328 e. The molecule has 0 radical (unpaired) electrons. The number of aryl methyl sites for hydroxylation is 1. The third-order valence-electron chi connectivity index (χ3n) is 2.43. The van der Waals surface area contributed by atoms with E-state index in [1.807, 2.05) is 37.3 Å². The summed E-state index contributed by atoms with van der Waals surface area (Å²) in [4.78, 5) is 13.1. The van der Waals surface area contributed by atoms with E-state index in [2.05, 4.69) is 5.32 Å². The van der Waals surface area contributed by atoms with Gasteiger partial charge in [-0.25, -0.2) is 0 Å². The Morgan fingerprint density at radius 2 is 2.19 bits per heavy atom. The van der Waals surface area contributed by atoms with Gasteiger partial charge in [-0.1, -0.05) is 29.8 Å². The van der Waals surface area contributed by atoms with Gasteiger partial charge >= 0.3 is 0 Å². The van der Waals surface area contributed by atoms with Crippen molar-refractivity contribution in [2.75, 3.05) is 7.05 Å². The van der Waals surface area contributed by atoms with Crippen molar-refractivity contribution in [1.82, 2.24) is 10.2 Å².